The zero-order chi connectivity index (χ0) is 25.1. The number of halogens is 3. The number of rotatable bonds is 7. The number of hydrogen-bond donors (Lipinski definition) is 0. The summed E-state index contributed by atoms with van der Waals surface area (Å²) in [6, 6.07) is 16.4. The van der Waals surface area contributed by atoms with E-state index in [0.29, 0.717) is 26.9 Å². The largest absolute Gasteiger partial charge is 0.488 e. The highest BCUT2D eigenvalue weighted by molar-refractivity contribution is 9.10. The lowest BCUT2D eigenvalue weighted by Gasteiger charge is -2.12. The van der Waals surface area contributed by atoms with Crippen LogP contribution >= 0.6 is 50.9 Å². The van der Waals surface area contributed by atoms with Crippen LogP contribution in [-0.2, 0) is 17.9 Å². The maximum Gasteiger partial charge on any atom is 0.293 e. The first kappa shape index (κ1) is 25.2. The van der Waals surface area contributed by atoms with E-state index < -0.39 is 16.1 Å². The third-order valence-corrected chi connectivity index (χ3v) is 7.11. The Morgan fingerprint density at radius 1 is 1.03 bits per heavy atom. The third kappa shape index (κ3) is 6.05. The van der Waals surface area contributed by atoms with Crippen molar-refractivity contribution in [3.8, 4) is 5.75 Å². The van der Waals surface area contributed by atoms with E-state index in [-0.39, 0.29) is 23.7 Å². The molecule has 0 saturated carbocycles. The topological polar surface area (TPSA) is 89.8 Å². The Balaban J connectivity index is 1.55. The number of carbonyl (C=O) groups excluding carboxylic acids is 2. The summed E-state index contributed by atoms with van der Waals surface area (Å²) in [5.41, 5.74) is 1.78. The van der Waals surface area contributed by atoms with Crippen molar-refractivity contribution < 1.29 is 19.2 Å². The highest BCUT2D eigenvalue weighted by atomic mass is 79.9. The number of amides is 2. The Kier molecular flexibility index (Phi) is 7.81. The molecule has 7 nitrogen and oxygen atoms in total. The third-order valence-electron chi connectivity index (χ3n) is 4.97. The lowest BCUT2D eigenvalue weighted by Crippen LogP contribution is -2.27. The van der Waals surface area contributed by atoms with Gasteiger partial charge in [-0.1, -0.05) is 57.3 Å². The van der Waals surface area contributed by atoms with Crippen LogP contribution in [0.15, 0.2) is 70.0 Å². The molecule has 0 aromatic heterocycles. The summed E-state index contributed by atoms with van der Waals surface area (Å²) in [7, 11) is 0. The Labute approximate surface area is 222 Å². The van der Waals surface area contributed by atoms with Gasteiger partial charge in [0.05, 0.1) is 26.4 Å². The van der Waals surface area contributed by atoms with Gasteiger partial charge in [0.1, 0.15) is 12.4 Å². The van der Waals surface area contributed by atoms with Gasteiger partial charge in [0.25, 0.3) is 16.8 Å². The second-order valence-corrected chi connectivity index (χ2v) is 10.1. The van der Waals surface area contributed by atoms with E-state index in [2.05, 4.69) is 15.9 Å². The molecule has 0 atom stereocenters. The monoisotopic (exact) mass is 592 g/mol. The molecule has 0 spiro atoms. The SMILES string of the molecule is O=C1S/C(=C/c2cc(Br)ccc2OCc2ccc(Cl)c(Cl)c2)C(=O)N1Cc1cccc([N+](=O)[O-])c1. The van der Waals surface area contributed by atoms with Gasteiger partial charge in [-0.15, -0.1) is 0 Å². The van der Waals surface area contributed by atoms with E-state index in [1.807, 2.05) is 0 Å². The van der Waals surface area contributed by atoms with Crippen molar-refractivity contribution in [2.24, 2.45) is 0 Å². The molecule has 0 N–H and O–H groups in total. The summed E-state index contributed by atoms with van der Waals surface area (Å²) < 4.78 is 6.72. The molecule has 1 heterocycles. The summed E-state index contributed by atoms with van der Waals surface area (Å²) >= 11 is 16.3. The van der Waals surface area contributed by atoms with Gasteiger partial charge in [0.2, 0.25) is 0 Å². The fourth-order valence-electron chi connectivity index (χ4n) is 3.28. The van der Waals surface area contributed by atoms with Crippen LogP contribution in [0.2, 0.25) is 10.0 Å². The summed E-state index contributed by atoms with van der Waals surface area (Å²) in [5, 5.41) is 11.4. The number of ether oxygens (including phenoxy) is 1. The molecule has 1 fully saturated rings. The molecule has 0 aliphatic carbocycles. The molecular weight excluding hydrogens is 579 g/mol. The van der Waals surface area contributed by atoms with Gasteiger partial charge in [-0.2, -0.15) is 0 Å². The molecule has 4 rings (SSSR count). The van der Waals surface area contributed by atoms with E-state index >= 15 is 0 Å². The maximum absolute atomic E-state index is 13.0. The van der Waals surface area contributed by atoms with Crippen LogP contribution in [-0.4, -0.2) is 21.0 Å². The lowest BCUT2D eigenvalue weighted by molar-refractivity contribution is -0.384. The molecule has 0 radical (unpaired) electrons. The number of nitrogens with zero attached hydrogens (tertiary/aromatic N) is 2. The van der Waals surface area contributed by atoms with Gasteiger partial charge >= 0.3 is 0 Å². The standard InChI is InChI=1S/C24H15BrCl2N2O5S/c25-17-5-7-21(34-13-15-4-6-19(26)20(27)9-15)16(10-17)11-22-23(30)28(24(31)35-22)12-14-2-1-3-18(8-14)29(32)33/h1-11H,12-13H2/b22-11+. The van der Waals surface area contributed by atoms with Crippen molar-refractivity contribution >= 4 is 73.8 Å². The van der Waals surface area contributed by atoms with Crippen LogP contribution in [0.3, 0.4) is 0 Å². The number of benzene rings is 3. The Morgan fingerprint density at radius 3 is 2.57 bits per heavy atom. The number of carbonyl (C=O) groups is 2. The van der Waals surface area contributed by atoms with Crippen molar-refractivity contribution in [2.75, 3.05) is 0 Å². The summed E-state index contributed by atoms with van der Waals surface area (Å²) in [5.74, 6) is 0.0201. The molecule has 2 amide bonds. The molecule has 0 bridgehead atoms. The van der Waals surface area contributed by atoms with Crippen molar-refractivity contribution in [1.82, 2.24) is 4.90 Å². The van der Waals surface area contributed by atoms with Crippen LogP contribution in [0.5, 0.6) is 5.75 Å². The zero-order valence-electron chi connectivity index (χ0n) is 17.7. The number of imide groups is 1. The number of nitro groups is 1. The second-order valence-electron chi connectivity index (χ2n) is 7.41. The predicted molar refractivity (Wildman–Crippen MR) is 140 cm³/mol. The molecule has 3 aromatic carbocycles. The molecule has 35 heavy (non-hydrogen) atoms. The molecule has 1 aliphatic heterocycles. The van der Waals surface area contributed by atoms with Crippen LogP contribution in [0.1, 0.15) is 16.7 Å². The van der Waals surface area contributed by atoms with Crippen LogP contribution in [0, 0.1) is 10.1 Å². The van der Waals surface area contributed by atoms with Gasteiger partial charge in [0, 0.05) is 22.2 Å². The van der Waals surface area contributed by atoms with E-state index in [1.165, 1.54) is 18.2 Å². The van der Waals surface area contributed by atoms with Crippen LogP contribution in [0.25, 0.3) is 6.08 Å². The van der Waals surface area contributed by atoms with E-state index in [0.717, 1.165) is 26.7 Å². The number of hydrogen-bond acceptors (Lipinski definition) is 6. The van der Waals surface area contributed by atoms with Crippen molar-refractivity contribution in [3.05, 3.63) is 107 Å². The first-order valence-electron chi connectivity index (χ1n) is 10.1. The summed E-state index contributed by atoms with van der Waals surface area (Å²) in [6.07, 6.45) is 1.59. The molecule has 0 unspecified atom stereocenters. The minimum Gasteiger partial charge on any atom is -0.488 e. The zero-order valence-corrected chi connectivity index (χ0v) is 21.7. The first-order valence-corrected chi connectivity index (χ1v) is 12.4. The average molecular weight is 594 g/mol. The van der Waals surface area contributed by atoms with Gasteiger partial charge in [-0.3, -0.25) is 24.6 Å². The fourth-order valence-corrected chi connectivity index (χ4v) is 4.81. The Morgan fingerprint density at radius 2 is 1.83 bits per heavy atom. The lowest BCUT2D eigenvalue weighted by atomic mass is 10.1. The predicted octanol–water partition coefficient (Wildman–Crippen LogP) is 7.48. The minimum atomic E-state index is -0.524. The maximum atomic E-state index is 13.0. The molecule has 1 aliphatic rings. The second kappa shape index (κ2) is 10.8. The number of nitro benzene ring substituents is 1. The van der Waals surface area contributed by atoms with Crippen molar-refractivity contribution in [3.63, 3.8) is 0 Å². The highest BCUT2D eigenvalue weighted by Crippen LogP contribution is 2.36. The molecular formula is C24H15BrCl2N2O5S. The molecule has 178 valence electrons. The number of non-ortho nitro benzene ring substituents is 1. The fraction of sp³-hybridized carbons (Fsp3) is 0.0833. The summed E-state index contributed by atoms with van der Waals surface area (Å²) in [4.78, 5) is 37.3. The van der Waals surface area contributed by atoms with E-state index in [1.54, 1.807) is 48.5 Å². The Hall–Kier alpha value is -2.85. The number of thioether (sulfide) groups is 1. The minimum absolute atomic E-state index is 0.0666. The smallest absolute Gasteiger partial charge is 0.293 e. The van der Waals surface area contributed by atoms with E-state index in [9.17, 15) is 19.7 Å². The van der Waals surface area contributed by atoms with Crippen molar-refractivity contribution in [1.29, 1.82) is 0 Å². The van der Waals surface area contributed by atoms with Gasteiger partial charge in [-0.05, 0) is 59.3 Å². The van der Waals surface area contributed by atoms with Crippen LogP contribution < -0.4 is 4.74 Å². The van der Waals surface area contributed by atoms with Crippen LogP contribution in [0.4, 0.5) is 10.5 Å². The quantitative estimate of drug-likeness (QED) is 0.160. The first-order chi connectivity index (χ1) is 16.7. The molecule has 11 heteroatoms. The van der Waals surface area contributed by atoms with Gasteiger partial charge in [0.15, 0.2) is 0 Å². The van der Waals surface area contributed by atoms with Gasteiger partial charge < -0.3 is 4.74 Å². The molecule has 1 saturated heterocycles. The van der Waals surface area contributed by atoms with E-state index in [4.69, 9.17) is 27.9 Å². The average Bonchev–Trinajstić information content (AvgIpc) is 3.08. The highest BCUT2D eigenvalue weighted by Gasteiger charge is 2.35. The Bertz CT molecular complexity index is 1380. The summed E-state index contributed by atoms with van der Waals surface area (Å²) in [6.45, 7) is 0.149. The van der Waals surface area contributed by atoms with Crippen molar-refractivity contribution in [2.45, 2.75) is 13.2 Å². The molecule has 3 aromatic rings. The van der Waals surface area contributed by atoms with Gasteiger partial charge in [-0.25, -0.2) is 0 Å². The normalized spacial score (nSPS) is 14.6.